The summed E-state index contributed by atoms with van der Waals surface area (Å²) in [4.78, 5) is 14.0. The van der Waals surface area contributed by atoms with Crippen LogP contribution in [0.2, 0.25) is 0 Å². The predicted molar refractivity (Wildman–Crippen MR) is 67.0 cm³/mol. The summed E-state index contributed by atoms with van der Waals surface area (Å²) in [5, 5.41) is 0. The van der Waals surface area contributed by atoms with Crippen LogP contribution in [0.25, 0.3) is 0 Å². The van der Waals surface area contributed by atoms with Crippen molar-refractivity contribution in [3.63, 3.8) is 0 Å². The van der Waals surface area contributed by atoms with Crippen LogP contribution in [0.4, 0.5) is 0 Å². The minimum absolute atomic E-state index is 0.164. The molecule has 0 aromatic carbocycles. The molecule has 0 aromatic heterocycles. The van der Waals surface area contributed by atoms with Gasteiger partial charge in [0.15, 0.2) is 0 Å². The molecule has 0 bridgehead atoms. The summed E-state index contributed by atoms with van der Waals surface area (Å²) in [6, 6.07) is -0.272. The molecule has 0 spiro atoms. The molecule has 1 saturated heterocycles. The van der Waals surface area contributed by atoms with Crippen LogP contribution in [0.15, 0.2) is 0 Å². The summed E-state index contributed by atoms with van der Waals surface area (Å²) < 4.78 is 0. The molecule has 1 unspecified atom stereocenters. The zero-order valence-corrected chi connectivity index (χ0v) is 10.9. The molecular weight excluding hydrogens is 200 g/mol. The first-order valence-electron chi connectivity index (χ1n) is 6.60. The molecule has 94 valence electrons. The van der Waals surface area contributed by atoms with E-state index in [-0.39, 0.29) is 11.9 Å². The molecule has 0 aliphatic carbocycles. The monoisotopic (exact) mass is 226 g/mol. The number of nitrogens with two attached hydrogens (primary N) is 1. The van der Waals surface area contributed by atoms with Crippen molar-refractivity contribution in [2.24, 2.45) is 17.6 Å². The molecule has 16 heavy (non-hydrogen) atoms. The number of hydrogen-bond donors (Lipinski definition) is 1. The SMILES string of the molecule is CCCC[C@H](N)C(=O)N1CCC(C(C)C)C1. The Morgan fingerprint density at radius 2 is 2.19 bits per heavy atom. The van der Waals surface area contributed by atoms with Gasteiger partial charge < -0.3 is 10.6 Å². The molecular formula is C13H26N2O. The molecule has 0 saturated carbocycles. The highest BCUT2D eigenvalue weighted by Crippen LogP contribution is 2.24. The van der Waals surface area contributed by atoms with Crippen molar-refractivity contribution < 1.29 is 4.79 Å². The molecule has 0 aromatic rings. The predicted octanol–water partition coefficient (Wildman–Crippen LogP) is 2.01. The Kier molecular flexibility index (Phi) is 5.26. The highest BCUT2D eigenvalue weighted by atomic mass is 16.2. The van der Waals surface area contributed by atoms with E-state index in [1.807, 2.05) is 4.90 Å². The smallest absolute Gasteiger partial charge is 0.239 e. The van der Waals surface area contributed by atoms with E-state index in [0.29, 0.717) is 11.8 Å². The summed E-state index contributed by atoms with van der Waals surface area (Å²) in [7, 11) is 0. The fourth-order valence-electron chi connectivity index (χ4n) is 2.31. The van der Waals surface area contributed by atoms with Gasteiger partial charge in [0.05, 0.1) is 6.04 Å². The van der Waals surface area contributed by atoms with Crippen LogP contribution >= 0.6 is 0 Å². The van der Waals surface area contributed by atoms with E-state index in [9.17, 15) is 4.79 Å². The summed E-state index contributed by atoms with van der Waals surface area (Å²) in [6.07, 6.45) is 4.13. The average molecular weight is 226 g/mol. The molecule has 1 aliphatic rings. The first kappa shape index (κ1) is 13.5. The molecule has 3 nitrogen and oxygen atoms in total. The van der Waals surface area contributed by atoms with E-state index < -0.39 is 0 Å². The van der Waals surface area contributed by atoms with E-state index in [0.717, 1.165) is 38.8 Å². The standard InChI is InChI=1S/C13H26N2O/c1-4-5-6-12(14)13(16)15-8-7-11(9-15)10(2)3/h10-12H,4-9,14H2,1-3H3/t11?,12-/m0/s1. The molecule has 2 atom stereocenters. The number of amides is 1. The summed E-state index contributed by atoms with van der Waals surface area (Å²) in [6.45, 7) is 8.41. The molecule has 1 fully saturated rings. The summed E-state index contributed by atoms with van der Waals surface area (Å²) in [5.74, 6) is 1.50. The van der Waals surface area contributed by atoms with Crippen molar-refractivity contribution in [2.75, 3.05) is 13.1 Å². The normalized spacial score (nSPS) is 22.8. The van der Waals surface area contributed by atoms with Gasteiger partial charge in [-0.05, 0) is 24.7 Å². The number of carbonyl (C=O) groups excluding carboxylic acids is 1. The van der Waals surface area contributed by atoms with Gasteiger partial charge in [-0.15, -0.1) is 0 Å². The van der Waals surface area contributed by atoms with E-state index in [1.54, 1.807) is 0 Å². The van der Waals surface area contributed by atoms with Crippen molar-refractivity contribution in [2.45, 2.75) is 52.5 Å². The molecule has 0 radical (unpaired) electrons. The Balaban J connectivity index is 2.38. The van der Waals surface area contributed by atoms with Gasteiger partial charge in [-0.1, -0.05) is 33.6 Å². The van der Waals surface area contributed by atoms with Crippen LogP contribution in [0.3, 0.4) is 0 Å². The fourth-order valence-corrected chi connectivity index (χ4v) is 2.31. The maximum absolute atomic E-state index is 12.0. The lowest BCUT2D eigenvalue weighted by Gasteiger charge is -2.21. The molecule has 3 heteroatoms. The van der Waals surface area contributed by atoms with Crippen LogP contribution in [-0.2, 0) is 4.79 Å². The number of rotatable bonds is 5. The number of nitrogens with zero attached hydrogens (tertiary/aromatic N) is 1. The zero-order chi connectivity index (χ0) is 12.1. The summed E-state index contributed by atoms with van der Waals surface area (Å²) >= 11 is 0. The molecule has 1 heterocycles. The van der Waals surface area contributed by atoms with Crippen molar-refractivity contribution in [3.8, 4) is 0 Å². The molecule has 2 N–H and O–H groups in total. The lowest BCUT2D eigenvalue weighted by atomic mass is 9.95. The highest BCUT2D eigenvalue weighted by Gasteiger charge is 2.30. The van der Waals surface area contributed by atoms with Crippen molar-refractivity contribution in [3.05, 3.63) is 0 Å². The van der Waals surface area contributed by atoms with Gasteiger partial charge in [0.2, 0.25) is 5.91 Å². The van der Waals surface area contributed by atoms with Crippen molar-refractivity contribution >= 4 is 5.91 Å². The molecule has 1 amide bonds. The van der Waals surface area contributed by atoms with E-state index in [1.165, 1.54) is 0 Å². The van der Waals surface area contributed by atoms with Crippen molar-refractivity contribution in [1.82, 2.24) is 4.90 Å². The third-order valence-electron chi connectivity index (χ3n) is 3.67. The van der Waals surface area contributed by atoms with Gasteiger partial charge in [-0.3, -0.25) is 4.79 Å². The van der Waals surface area contributed by atoms with E-state index in [4.69, 9.17) is 5.73 Å². The second-order valence-corrected chi connectivity index (χ2v) is 5.33. The number of hydrogen-bond acceptors (Lipinski definition) is 2. The zero-order valence-electron chi connectivity index (χ0n) is 10.9. The summed E-state index contributed by atoms with van der Waals surface area (Å²) in [5.41, 5.74) is 5.91. The maximum atomic E-state index is 12.0. The van der Waals surface area contributed by atoms with Gasteiger partial charge in [-0.2, -0.15) is 0 Å². The largest absolute Gasteiger partial charge is 0.341 e. The Morgan fingerprint density at radius 1 is 1.50 bits per heavy atom. The van der Waals surface area contributed by atoms with Crippen LogP contribution in [0.5, 0.6) is 0 Å². The van der Waals surface area contributed by atoms with E-state index >= 15 is 0 Å². The Hall–Kier alpha value is -0.570. The van der Waals surface area contributed by atoms with Crippen LogP contribution in [-0.4, -0.2) is 29.9 Å². The number of carbonyl (C=O) groups is 1. The maximum Gasteiger partial charge on any atom is 0.239 e. The fraction of sp³-hybridized carbons (Fsp3) is 0.923. The van der Waals surface area contributed by atoms with Crippen LogP contribution < -0.4 is 5.73 Å². The minimum atomic E-state index is -0.272. The Morgan fingerprint density at radius 3 is 2.69 bits per heavy atom. The van der Waals surface area contributed by atoms with Crippen LogP contribution in [0.1, 0.15) is 46.5 Å². The van der Waals surface area contributed by atoms with Gasteiger partial charge in [-0.25, -0.2) is 0 Å². The van der Waals surface area contributed by atoms with Crippen LogP contribution in [0, 0.1) is 11.8 Å². The van der Waals surface area contributed by atoms with Gasteiger partial charge >= 0.3 is 0 Å². The Labute approximate surface area is 99.4 Å². The van der Waals surface area contributed by atoms with Gasteiger partial charge in [0.1, 0.15) is 0 Å². The second kappa shape index (κ2) is 6.24. The molecule has 1 aliphatic heterocycles. The lowest BCUT2D eigenvalue weighted by molar-refractivity contribution is -0.131. The first-order valence-corrected chi connectivity index (χ1v) is 6.60. The highest BCUT2D eigenvalue weighted by molar-refractivity contribution is 5.81. The second-order valence-electron chi connectivity index (χ2n) is 5.33. The number of likely N-dealkylation sites (tertiary alicyclic amines) is 1. The third kappa shape index (κ3) is 3.48. The molecule has 1 rings (SSSR count). The minimum Gasteiger partial charge on any atom is -0.341 e. The lowest BCUT2D eigenvalue weighted by Crippen LogP contribution is -2.42. The van der Waals surface area contributed by atoms with Gasteiger partial charge in [0, 0.05) is 13.1 Å². The Bertz CT molecular complexity index is 228. The van der Waals surface area contributed by atoms with E-state index in [2.05, 4.69) is 20.8 Å². The van der Waals surface area contributed by atoms with Crippen molar-refractivity contribution in [1.29, 1.82) is 0 Å². The average Bonchev–Trinajstić information content (AvgIpc) is 2.74. The topological polar surface area (TPSA) is 46.3 Å². The van der Waals surface area contributed by atoms with Gasteiger partial charge in [0.25, 0.3) is 0 Å². The quantitative estimate of drug-likeness (QED) is 0.779. The first-order chi connectivity index (χ1) is 7.56. The number of unbranched alkanes of at least 4 members (excludes halogenated alkanes) is 1. The third-order valence-corrected chi connectivity index (χ3v) is 3.67.